The predicted octanol–water partition coefficient (Wildman–Crippen LogP) is 3.66. The number of hydrogen-bond acceptors (Lipinski definition) is 7. The van der Waals surface area contributed by atoms with Gasteiger partial charge in [0.15, 0.2) is 0 Å². The number of carbonyl (C=O) groups excluding carboxylic acids is 1. The first kappa shape index (κ1) is 21.2. The van der Waals surface area contributed by atoms with E-state index in [1.165, 1.54) is 0 Å². The summed E-state index contributed by atoms with van der Waals surface area (Å²) in [5.41, 5.74) is 1.87. The van der Waals surface area contributed by atoms with Crippen molar-refractivity contribution in [2.75, 3.05) is 41.7 Å². The second kappa shape index (κ2) is 10.9. The summed E-state index contributed by atoms with van der Waals surface area (Å²) in [4.78, 5) is 11.8. The largest absolute Gasteiger partial charge is 0.508 e. The fourth-order valence-corrected chi connectivity index (χ4v) is 2.57. The van der Waals surface area contributed by atoms with Gasteiger partial charge in [-0.25, -0.2) is 4.79 Å². The van der Waals surface area contributed by atoms with Crippen molar-refractivity contribution in [2.45, 2.75) is 12.8 Å². The summed E-state index contributed by atoms with van der Waals surface area (Å²) in [5, 5.41) is 0. The first-order chi connectivity index (χ1) is 13.6. The van der Waals surface area contributed by atoms with Gasteiger partial charge in [0.05, 0.1) is 41.7 Å². The molecule has 0 unspecified atom stereocenters. The van der Waals surface area contributed by atoms with Crippen LogP contribution in [0.3, 0.4) is 0 Å². The van der Waals surface area contributed by atoms with E-state index in [2.05, 4.69) is 0 Å². The van der Waals surface area contributed by atoms with E-state index >= 15 is 0 Å². The molecule has 0 bridgehead atoms. The number of rotatable bonds is 10. The maximum atomic E-state index is 11.8. The highest BCUT2D eigenvalue weighted by Crippen LogP contribution is 2.23. The topological polar surface area (TPSA) is 72.5 Å². The van der Waals surface area contributed by atoms with Crippen molar-refractivity contribution in [1.29, 1.82) is 0 Å². The molecular formula is C21H26O7. The van der Waals surface area contributed by atoms with Gasteiger partial charge in [-0.3, -0.25) is 0 Å². The van der Waals surface area contributed by atoms with Crippen molar-refractivity contribution in [3.8, 4) is 23.0 Å². The van der Waals surface area contributed by atoms with Crippen molar-refractivity contribution in [1.82, 2.24) is 0 Å². The molecule has 0 aliphatic carbocycles. The van der Waals surface area contributed by atoms with Gasteiger partial charge < -0.3 is 28.4 Å². The van der Waals surface area contributed by atoms with Crippen LogP contribution in [0.1, 0.15) is 11.1 Å². The number of carbonyl (C=O) groups is 1. The van der Waals surface area contributed by atoms with E-state index in [1.54, 1.807) is 40.6 Å². The van der Waals surface area contributed by atoms with Crippen LogP contribution in [0.15, 0.2) is 36.4 Å². The Morgan fingerprint density at radius 2 is 0.929 bits per heavy atom. The molecule has 7 heteroatoms. The van der Waals surface area contributed by atoms with Gasteiger partial charge in [0, 0.05) is 25.0 Å². The lowest BCUT2D eigenvalue weighted by atomic mass is 10.1. The average molecular weight is 390 g/mol. The zero-order chi connectivity index (χ0) is 20.4. The van der Waals surface area contributed by atoms with E-state index in [1.807, 2.05) is 24.3 Å². The summed E-state index contributed by atoms with van der Waals surface area (Å²) in [6.45, 7) is 0.393. The molecule has 0 saturated carbocycles. The Kier molecular flexibility index (Phi) is 8.27. The Hall–Kier alpha value is -3.09. The highest BCUT2D eigenvalue weighted by molar-refractivity contribution is 5.59. The Morgan fingerprint density at radius 1 is 0.607 bits per heavy atom. The maximum Gasteiger partial charge on any atom is 0.508 e. The third-order valence-electron chi connectivity index (χ3n) is 4.04. The van der Waals surface area contributed by atoms with E-state index in [9.17, 15) is 4.79 Å². The minimum absolute atomic E-state index is 0.197. The molecule has 0 saturated heterocycles. The molecule has 0 N–H and O–H groups in total. The van der Waals surface area contributed by atoms with Gasteiger partial charge in [0.1, 0.15) is 23.0 Å². The Bertz CT molecular complexity index is 665. The second-order valence-electron chi connectivity index (χ2n) is 5.89. The lowest BCUT2D eigenvalue weighted by molar-refractivity contribution is 0.0569. The maximum absolute atomic E-state index is 11.8. The molecule has 2 aromatic carbocycles. The number of hydrogen-bond donors (Lipinski definition) is 0. The van der Waals surface area contributed by atoms with E-state index in [0.29, 0.717) is 35.8 Å². The smallest absolute Gasteiger partial charge is 0.497 e. The predicted molar refractivity (Wildman–Crippen MR) is 104 cm³/mol. The summed E-state index contributed by atoms with van der Waals surface area (Å²) in [6.07, 6.45) is 0.343. The Labute approximate surface area is 165 Å². The monoisotopic (exact) mass is 390 g/mol. The number of benzene rings is 2. The third-order valence-corrected chi connectivity index (χ3v) is 4.04. The van der Waals surface area contributed by atoms with E-state index < -0.39 is 6.16 Å². The Morgan fingerprint density at radius 3 is 1.21 bits per heavy atom. The first-order valence-corrected chi connectivity index (χ1v) is 8.81. The molecule has 0 spiro atoms. The molecule has 0 aliphatic heterocycles. The van der Waals surface area contributed by atoms with E-state index in [0.717, 1.165) is 11.1 Å². The summed E-state index contributed by atoms with van der Waals surface area (Å²) < 4.78 is 31.1. The summed E-state index contributed by atoms with van der Waals surface area (Å²) >= 11 is 0. The molecule has 28 heavy (non-hydrogen) atoms. The van der Waals surface area contributed by atoms with Gasteiger partial charge in [-0.2, -0.15) is 0 Å². The molecule has 0 aromatic heterocycles. The highest BCUT2D eigenvalue weighted by Gasteiger charge is 2.08. The van der Waals surface area contributed by atoms with Crippen molar-refractivity contribution in [3.05, 3.63) is 47.5 Å². The van der Waals surface area contributed by atoms with Crippen LogP contribution >= 0.6 is 0 Å². The average Bonchev–Trinajstić information content (AvgIpc) is 2.73. The van der Waals surface area contributed by atoms with Gasteiger partial charge in [0.25, 0.3) is 0 Å². The van der Waals surface area contributed by atoms with Crippen LogP contribution in [0.5, 0.6) is 23.0 Å². The molecular weight excluding hydrogens is 364 g/mol. The summed E-state index contributed by atoms with van der Waals surface area (Å²) in [7, 11) is 6.35. The minimum atomic E-state index is -0.704. The van der Waals surface area contributed by atoms with Crippen LogP contribution in [0.2, 0.25) is 0 Å². The van der Waals surface area contributed by atoms with Crippen LogP contribution in [0.4, 0.5) is 4.79 Å². The van der Waals surface area contributed by atoms with Crippen LogP contribution < -0.4 is 18.9 Å². The lowest BCUT2D eigenvalue weighted by Gasteiger charge is -2.10. The van der Waals surface area contributed by atoms with Gasteiger partial charge in [0.2, 0.25) is 0 Å². The second-order valence-corrected chi connectivity index (χ2v) is 5.89. The molecule has 0 amide bonds. The van der Waals surface area contributed by atoms with E-state index in [4.69, 9.17) is 28.4 Å². The van der Waals surface area contributed by atoms with Crippen LogP contribution in [0.25, 0.3) is 0 Å². The zero-order valence-corrected chi connectivity index (χ0v) is 16.7. The van der Waals surface area contributed by atoms with Gasteiger partial charge in [-0.15, -0.1) is 0 Å². The van der Waals surface area contributed by atoms with Gasteiger partial charge in [-0.05, 0) is 35.4 Å². The zero-order valence-electron chi connectivity index (χ0n) is 16.7. The van der Waals surface area contributed by atoms with Crippen LogP contribution in [-0.4, -0.2) is 47.8 Å². The first-order valence-electron chi connectivity index (χ1n) is 8.81. The fraction of sp³-hybridized carbons (Fsp3) is 0.381. The number of methoxy groups -OCH3 is 4. The Balaban J connectivity index is 1.76. The fourth-order valence-electron chi connectivity index (χ4n) is 2.57. The molecule has 0 aliphatic rings. The van der Waals surface area contributed by atoms with Crippen molar-refractivity contribution in [3.63, 3.8) is 0 Å². The third kappa shape index (κ3) is 6.57. The molecule has 152 valence electrons. The molecule has 0 atom stereocenters. The van der Waals surface area contributed by atoms with E-state index in [-0.39, 0.29) is 13.2 Å². The molecule has 0 radical (unpaired) electrons. The molecule has 2 aromatic rings. The minimum Gasteiger partial charge on any atom is -0.497 e. The quantitative estimate of drug-likeness (QED) is 0.573. The van der Waals surface area contributed by atoms with Crippen molar-refractivity contribution >= 4 is 6.16 Å². The number of ether oxygens (including phenoxy) is 6. The van der Waals surface area contributed by atoms with Gasteiger partial charge >= 0.3 is 6.16 Å². The van der Waals surface area contributed by atoms with Gasteiger partial charge in [-0.1, -0.05) is 0 Å². The molecule has 2 rings (SSSR count). The van der Waals surface area contributed by atoms with Crippen molar-refractivity contribution < 1.29 is 33.2 Å². The van der Waals surface area contributed by atoms with Crippen LogP contribution in [0, 0.1) is 0 Å². The highest BCUT2D eigenvalue weighted by atomic mass is 16.7. The molecule has 7 nitrogen and oxygen atoms in total. The summed E-state index contributed by atoms with van der Waals surface area (Å²) in [6, 6.07) is 11.0. The molecule has 0 fully saturated rings. The molecule has 0 heterocycles. The van der Waals surface area contributed by atoms with Crippen LogP contribution in [-0.2, 0) is 22.3 Å². The van der Waals surface area contributed by atoms with Crippen molar-refractivity contribution in [2.24, 2.45) is 0 Å². The summed E-state index contributed by atoms with van der Waals surface area (Å²) in [5.74, 6) is 2.74. The normalized spacial score (nSPS) is 10.1. The SMILES string of the molecule is COc1cc(CCOC(=O)OCCc2cc(OC)cc(OC)c2)cc(OC)c1. The standard InChI is InChI=1S/C21H26O7/c1-23-17-9-15(10-18(13-17)24-2)5-7-27-21(22)28-8-6-16-11-19(25-3)14-20(12-16)26-4/h9-14H,5-8H2,1-4H3. The lowest BCUT2D eigenvalue weighted by Crippen LogP contribution is -2.12.